The molecule has 0 bridgehead atoms. The van der Waals surface area contributed by atoms with Gasteiger partial charge in [0.1, 0.15) is 11.6 Å². The van der Waals surface area contributed by atoms with Crippen LogP contribution in [0, 0.1) is 20.8 Å². The highest BCUT2D eigenvalue weighted by molar-refractivity contribution is 7.92. The smallest absolute Gasteiger partial charge is 0.265 e. The highest BCUT2D eigenvalue weighted by Gasteiger charge is 2.20. The predicted molar refractivity (Wildman–Crippen MR) is 125 cm³/mol. The summed E-state index contributed by atoms with van der Waals surface area (Å²) in [5.41, 5.74) is 2.84. The lowest BCUT2D eigenvalue weighted by Gasteiger charge is -2.16. The first-order chi connectivity index (χ1) is 15.2. The zero-order chi connectivity index (χ0) is 23.0. The topological polar surface area (TPSA) is 90.3 Å². The Morgan fingerprint density at radius 2 is 1.72 bits per heavy atom. The van der Waals surface area contributed by atoms with Crippen molar-refractivity contribution in [1.29, 1.82) is 0 Å². The van der Waals surface area contributed by atoms with E-state index in [0.717, 1.165) is 5.56 Å². The highest BCUT2D eigenvalue weighted by Crippen LogP contribution is 2.30. The molecular weight excluding hydrogens is 426 g/mol. The molecule has 0 saturated heterocycles. The number of sulfonamides is 1. The van der Waals surface area contributed by atoms with Gasteiger partial charge in [0.05, 0.1) is 34.3 Å². The first-order valence-electron chi connectivity index (χ1n) is 9.98. The molecule has 1 heterocycles. The maximum Gasteiger partial charge on any atom is 0.265 e. The minimum Gasteiger partial charge on any atom is -0.494 e. The van der Waals surface area contributed by atoms with Gasteiger partial charge in [0, 0.05) is 6.07 Å². The number of fused-ring (bicyclic) bond motifs is 1. The summed E-state index contributed by atoms with van der Waals surface area (Å²) in [6.45, 7) is 5.41. The van der Waals surface area contributed by atoms with E-state index in [0.29, 0.717) is 28.0 Å². The third-order valence-electron chi connectivity index (χ3n) is 5.25. The second-order valence-corrected chi connectivity index (χ2v) is 9.23. The molecule has 0 spiro atoms. The fourth-order valence-corrected chi connectivity index (χ4v) is 5.05. The van der Waals surface area contributed by atoms with E-state index in [-0.39, 0.29) is 21.9 Å². The maximum absolute atomic E-state index is 13.1. The maximum atomic E-state index is 13.1. The third-order valence-corrected chi connectivity index (χ3v) is 6.78. The molecule has 0 atom stereocenters. The largest absolute Gasteiger partial charge is 0.494 e. The number of hydrogen-bond donors (Lipinski definition) is 1. The molecule has 0 aliphatic heterocycles. The minimum absolute atomic E-state index is 0.194. The second-order valence-electron chi connectivity index (χ2n) is 7.58. The molecule has 3 aromatic carbocycles. The molecule has 0 unspecified atom stereocenters. The normalized spacial score (nSPS) is 11.5. The molecule has 0 saturated carbocycles. The Bertz CT molecular complexity index is 1510. The van der Waals surface area contributed by atoms with Gasteiger partial charge in [-0.1, -0.05) is 29.8 Å². The van der Waals surface area contributed by atoms with E-state index < -0.39 is 10.0 Å². The summed E-state index contributed by atoms with van der Waals surface area (Å²) in [6.07, 6.45) is 0. The number of methoxy groups -OCH3 is 1. The van der Waals surface area contributed by atoms with Crippen LogP contribution in [0.5, 0.6) is 5.75 Å². The van der Waals surface area contributed by atoms with Crippen LogP contribution in [0.15, 0.2) is 70.4 Å². The van der Waals surface area contributed by atoms with E-state index in [9.17, 15) is 13.2 Å². The molecule has 4 aromatic rings. The zero-order valence-electron chi connectivity index (χ0n) is 18.2. The highest BCUT2D eigenvalue weighted by atomic mass is 32.2. The Balaban J connectivity index is 1.78. The summed E-state index contributed by atoms with van der Waals surface area (Å²) in [4.78, 5) is 17.8. The quantitative estimate of drug-likeness (QED) is 0.495. The van der Waals surface area contributed by atoms with Gasteiger partial charge in [-0.3, -0.25) is 14.1 Å². The fraction of sp³-hybridized carbons (Fsp3) is 0.167. The number of nitrogens with zero attached hydrogens (tertiary/aromatic N) is 2. The number of nitrogens with one attached hydrogen (secondary N) is 1. The van der Waals surface area contributed by atoms with Gasteiger partial charge in [-0.05, 0) is 56.7 Å². The van der Waals surface area contributed by atoms with Gasteiger partial charge in [-0.25, -0.2) is 13.4 Å². The van der Waals surface area contributed by atoms with Crippen LogP contribution < -0.4 is 15.0 Å². The van der Waals surface area contributed by atoms with Gasteiger partial charge < -0.3 is 4.74 Å². The molecule has 0 radical (unpaired) electrons. The van der Waals surface area contributed by atoms with E-state index in [1.807, 2.05) is 19.1 Å². The van der Waals surface area contributed by atoms with Crippen LogP contribution in [-0.4, -0.2) is 25.1 Å². The summed E-state index contributed by atoms with van der Waals surface area (Å²) in [5.74, 6) is 0.801. The van der Waals surface area contributed by atoms with Crippen molar-refractivity contribution < 1.29 is 13.2 Å². The van der Waals surface area contributed by atoms with Gasteiger partial charge in [0.15, 0.2) is 0 Å². The summed E-state index contributed by atoms with van der Waals surface area (Å²) in [5, 5.41) is 0.497. The van der Waals surface area contributed by atoms with E-state index in [1.165, 1.54) is 11.7 Å². The number of para-hydroxylation sites is 1. The number of rotatable bonds is 5. The molecular formula is C24H23N3O4S. The first-order valence-corrected chi connectivity index (χ1v) is 11.5. The van der Waals surface area contributed by atoms with Crippen LogP contribution in [-0.2, 0) is 10.0 Å². The number of benzene rings is 3. The molecule has 0 aliphatic rings. The van der Waals surface area contributed by atoms with Crippen LogP contribution in [0.25, 0.3) is 16.6 Å². The Hall–Kier alpha value is -3.65. The monoisotopic (exact) mass is 449 g/mol. The van der Waals surface area contributed by atoms with Crippen molar-refractivity contribution in [3.63, 3.8) is 0 Å². The lowest BCUT2D eigenvalue weighted by Crippen LogP contribution is -2.22. The average Bonchev–Trinajstić information content (AvgIpc) is 2.74. The molecule has 32 heavy (non-hydrogen) atoms. The molecule has 8 heteroatoms. The van der Waals surface area contributed by atoms with Crippen molar-refractivity contribution in [3.8, 4) is 11.4 Å². The Morgan fingerprint density at radius 1 is 0.969 bits per heavy atom. The summed E-state index contributed by atoms with van der Waals surface area (Å²) >= 11 is 0. The third kappa shape index (κ3) is 3.85. The van der Waals surface area contributed by atoms with E-state index in [1.54, 1.807) is 62.4 Å². The predicted octanol–water partition coefficient (Wildman–Crippen LogP) is 4.12. The lowest BCUT2D eigenvalue weighted by molar-refractivity contribution is 0.416. The fourth-order valence-electron chi connectivity index (χ4n) is 3.75. The second kappa shape index (κ2) is 8.12. The van der Waals surface area contributed by atoms with Crippen LogP contribution in [0.4, 0.5) is 5.69 Å². The van der Waals surface area contributed by atoms with Gasteiger partial charge in [-0.15, -0.1) is 0 Å². The molecule has 4 rings (SSSR count). The molecule has 1 aromatic heterocycles. The number of aryl methyl sites for hydroxylation is 3. The minimum atomic E-state index is -3.83. The standard InChI is InChI=1S/C24H23N3O4S/c1-15-9-12-23(16(2)13-15)32(29,30)26-21-11-10-18(14-22(21)31-4)27-17(3)25-20-8-6-5-7-19(20)24(27)28/h5-14,26H,1-4H3. The van der Waals surface area contributed by atoms with Gasteiger partial charge in [-0.2, -0.15) is 0 Å². The summed E-state index contributed by atoms with van der Waals surface area (Å²) < 4.78 is 35.5. The van der Waals surface area contributed by atoms with Crippen molar-refractivity contribution in [2.45, 2.75) is 25.7 Å². The lowest BCUT2D eigenvalue weighted by atomic mass is 10.2. The van der Waals surface area contributed by atoms with Gasteiger partial charge in [0.2, 0.25) is 0 Å². The molecule has 164 valence electrons. The van der Waals surface area contributed by atoms with Crippen molar-refractivity contribution in [2.24, 2.45) is 0 Å². The molecule has 0 fully saturated rings. The Kier molecular flexibility index (Phi) is 5.48. The van der Waals surface area contributed by atoms with Gasteiger partial charge >= 0.3 is 0 Å². The Labute approximate surface area is 186 Å². The van der Waals surface area contributed by atoms with E-state index >= 15 is 0 Å². The van der Waals surface area contributed by atoms with Crippen molar-refractivity contribution in [1.82, 2.24) is 9.55 Å². The number of aromatic nitrogens is 2. The van der Waals surface area contributed by atoms with Crippen LogP contribution in [0.3, 0.4) is 0 Å². The number of ether oxygens (including phenoxy) is 1. The number of hydrogen-bond acceptors (Lipinski definition) is 5. The van der Waals surface area contributed by atoms with Crippen LogP contribution in [0.1, 0.15) is 17.0 Å². The number of anilines is 1. The summed E-state index contributed by atoms with van der Waals surface area (Å²) in [6, 6.07) is 17.1. The first kappa shape index (κ1) is 21.6. The van der Waals surface area contributed by atoms with Crippen molar-refractivity contribution in [3.05, 3.63) is 88.0 Å². The SMILES string of the molecule is COc1cc(-n2c(C)nc3ccccc3c2=O)ccc1NS(=O)(=O)c1ccc(C)cc1C. The van der Waals surface area contributed by atoms with Gasteiger partial charge in [0.25, 0.3) is 15.6 Å². The van der Waals surface area contributed by atoms with Crippen LogP contribution >= 0.6 is 0 Å². The van der Waals surface area contributed by atoms with Crippen molar-refractivity contribution >= 4 is 26.6 Å². The molecule has 0 amide bonds. The van der Waals surface area contributed by atoms with Crippen molar-refractivity contribution in [2.75, 3.05) is 11.8 Å². The summed E-state index contributed by atoms with van der Waals surface area (Å²) in [7, 11) is -2.38. The van der Waals surface area contributed by atoms with E-state index in [2.05, 4.69) is 9.71 Å². The van der Waals surface area contributed by atoms with Crippen LogP contribution in [0.2, 0.25) is 0 Å². The molecule has 7 nitrogen and oxygen atoms in total. The molecule has 1 N–H and O–H groups in total. The Morgan fingerprint density at radius 3 is 2.44 bits per heavy atom. The molecule has 0 aliphatic carbocycles. The zero-order valence-corrected chi connectivity index (χ0v) is 19.0. The van der Waals surface area contributed by atoms with E-state index in [4.69, 9.17) is 4.74 Å². The average molecular weight is 450 g/mol.